The van der Waals surface area contributed by atoms with Crippen LogP contribution in [-0.2, 0) is 4.79 Å². The van der Waals surface area contributed by atoms with Gasteiger partial charge < -0.3 is 16.0 Å². The highest BCUT2D eigenvalue weighted by Gasteiger charge is 2.11. The number of amides is 3. The summed E-state index contributed by atoms with van der Waals surface area (Å²) in [4.78, 5) is 23.3. The number of anilines is 2. The summed E-state index contributed by atoms with van der Waals surface area (Å²) in [5, 5.41) is 8.24. The van der Waals surface area contributed by atoms with Gasteiger partial charge in [-0.05, 0) is 26.0 Å². The van der Waals surface area contributed by atoms with Crippen molar-refractivity contribution in [2.75, 3.05) is 10.6 Å². The van der Waals surface area contributed by atoms with E-state index in [-0.39, 0.29) is 23.9 Å². The number of carbonyl (C=O) groups is 2. The van der Waals surface area contributed by atoms with Crippen molar-refractivity contribution >= 4 is 23.3 Å². The Kier molecular flexibility index (Phi) is 5.36. The minimum atomic E-state index is -0.291. The molecule has 0 aromatic heterocycles. The van der Waals surface area contributed by atoms with Crippen molar-refractivity contribution in [1.29, 1.82) is 0 Å². The van der Waals surface area contributed by atoms with Gasteiger partial charge in [0.25, 0.3) is 0 Å². The third-order valence-corrected chi connectivity index (χ3v) is 2.38. The van der Waals surface area contributed by atoms with Gasteiger partial charge in [0.15, 0.2) is 0 Å². The summed E-state index contributed by atoms with van der Waals surface area (Å²) in [7, 11) is 0. The van der Waals surface area contributed by atoms with Crippen LogP contribution in [0.25, 0.3) is 0 Å². The van der Waals surface area contributed by atoms with Gasteiger partial charge >= 0.3 is 6.03 Å². The zero-order valence-corrected chi connectivity index (χ0v) is 11.8. The van der Waals surface area contributed by atoms with E-state index >= 15 is 0 Å². The molecule has 0 spiro atoms. The largest absolute Gasteiger partial charge is 0.336 e. The van der Waals surface area contributed by atoms with Crippen molar-refractivity contribution in [3.8, 4) is 0 Å². The van der Waals surface area contributed by atoms with E-state index in [2.05, 4.69) is 16.0 Å². The summed E-state index contributed by atoms with van der Waals surface area (Å²) in [5.41, 5.74) is 1.18. The first kappa shape index (κ1) is 15.0. The maximum atomic E-state index is 11.7. The molecule has 104 valence electrons. The highest BCUT2D eigenvalue weighted by Crippen LogP contribution is 2.21. The molecule has 0 radical (unpaired) electrons. The van der Waals surface area contributed by atoms with Gasteiger partial charge in [-0.1, -0.05) is 26.0 Å². The molecule has 0 unspecified atom stereocenters. The van der Waals surface area contributed by atoms with E-state index in [9.17, 15) is 9.59 Å². The summed E-state index contributed by atoms with van der Waals surface area (Å²) < 4.78 is 0. The Bertz CT molecular complexity index is 456. The second kappa shape index (κ2) is 6.78. The van der Waals surface area contributed by atoms with Crippen molar-refractivity contribution in [2.24, 2.45) is 5.92 Å². The molecular formula is C14H21N3O2. The fraction of sp³-hybridized carbons (Fsp3) is 0.429. The molecule has 0 atom stereocenters. The number of nitrogens with one attached hydrogen (secondary N) is 3. The average molecular weight is 263 g/mol. The summed E-state index contributed by atoms with van der Waals surface area (Å²) >= 11 is 0. The average Bonchev–Trinajstić information content (AvgIpc) is 2.30. The standard InChI is InChI=1S/C14H21N3O2/c1-9(2)13(18)16-11-7-5-6-8-12(11)17-14(19)15-10(3)4/h5-10H,1-4H3,(H,16,18)(H2,15,17,19). The maximum Gasteiger partial charge on any atom is 0.319 e. The van der Waals surface area contributed by atoms with Crippen LogP contribution in [0.5, 0.6) is 0 Å². The first-order valence-corrected chi connectivity index (χ1v) is 6.37. The second-order valence-electron chi connectivity index (χ2n) is 4.94. The minimum absolute atomic E-state index is 0.0532. The molecule has 0 bridgehead atoms. The van der Waals surface area contributed by atoms with Crippen LogP contribution in [0, 0.1) is 5.92 Å². The third kappa shape index (κ3) is 4.99. The van der Waals surface area contributed by atoms with Crippen LogP contribution in [0.15, 0.2) is 24.3 Å². The highest BCUT2D eigenvalue weighted by atomic mass is 16.2. The van der Waals surface area contributed by atoms with Crippen LogP contribution in [0.1, 0.15) is 27.7 Å². The molecular weight excluding hydrogens is 242 g/mol. The Morgan fingerprint density at radius 1 is 0.947 bits per heavy atom. The van der Waals surface area contributed by atoms with Crippen LogP contribution in [0.3, 0.4) is 0 Å². The zero-order chi connectivity index (χ0) is 14.4. The van der Waals surface area contributed by atoms with Gasteiger partial charge in [0.05, 0.1) is 11.4 Å². The molecule has 3 amide bonds. The van der Waals surface area contributed by atoms with Crippen LogP contribution in [-0.4, -0.2) is 18.0 Å². The van der Waals surface area contributed by atoms with Gasteiger partial charge in [-0.15, -0.1) is 0 Å². The lowest BCUT2D eigenvalue weighted by Gasteiger charge is -2.15. The van der Waals surface area contributed by atoms with Gasteiger partial charge in [-0.3, -0.25) is 4.79 Å². The molecule has 0 heterocycles. The monoisotopic (exact) mass is 263 g/mol. The fourth-order valence-corrected chi connectivity index (χ4v) is 1.40. The van der Waals surface area contributed by atoms with Gasteiger partial charge in [0, 0.05) is 12.0 Å². The fourth-order valence-electron chi connectivity index (χ4n) is 1.40. The summed E-state index contributed by atoms with van der Waals surface area (Å²) in [5.74, 6) is -0.198. The lowest BCUT2D eigenvalue weighted by molar-refractivity contribution is -0.118. The van der Waals surface area contributed by atoms with Gasteiger partial charge in [0.2, 0.25) is 5.91 Å². The van der Waals surface area contributed by atoms with Crippen molar-refractivity contribution in [3.05, 3.63) is 24.3 Å². The van der Waals surface area contributed by atoms with Crippen molar-refractivity contribution in [1.82, 2.24) is 5.32 Å². The number of hydrogen-bond acceptors (Lipinski definition) is 2. The molecule has 0 saturated carbocycles. The topological polar surface area (TPSA) is 70.2 Å². The number of benzene rings is 1. The molecule has 1 rings (SSSR count). The summed E-state index contributed by atoms with van der Waals surface area (Å²) in [6, 6.07) is 6.87. The molecule has 3 N–H and O–H groups in total. The van der Waals surface area contributed by atoms with E-state index in [0.717, 1.165) is 0 Å². The Balaban J connectivity index is 2.78. The number of carbonyl (C=O) groups excluding carboxylic acids is 2. The van der Waals surface area contributed by atoms with Gasteiger partial charge in [0.1, 0.15) is 0 Å². The van der Waals surface area contributed by atoms with Crippen LogP contribution >= 0.6 is 0 Å². The van der Waals surface area contributed by atoms with E-state index in [0.29, 0.717) is 11.4 Å². The van der Waals surface area contributed by atoms with Crippen molar-refractivity contribution in [2.45, 2.75) is 33.7 Å². The Hall–Kier alpha value is -2.04. The predicted octanol–water partition coefficient (Wildman–Crippen LogP) is 2.81. The van der Waals surface area contributed by atoms with E-state index in [4.69, 9.17) is 0 Å². The molecule has 0 aliphatic rings. The molecule has 19 heavy (non-hydrogen) atoms. The highest BCUT2D eigenvalue weighted by molar-refractivity contribution is 5.99. The Morgan fingerprint density at radius 2 is 1.47 bits per heavy atom. The molecule has 0 saturated heterocycles. The quantitative estimate of drug-likeness (QED) is 0.781. The summed E-state index contributed by atoms with van der Waals surface area (Å²) in [6.07, 6.45) is 0. The lowest BCUT2D eigenvalue weighted by atomic mass is 10.2. The number of urea groups is 1. The molecule has 5 nitrogen and oxygen atoms in total. The molecule has 1 aromatic rings. The van der Waals surface area contributed by atoms with Crippen LogP contribution < -0.4 is 16.0 Å². The van der Waals surface area contributed by atoms with Crippen LogP contribution in [0.2, 0.25) is 0 Å². The van der Waals surface area contributed by atoms with E-state index in [1.165, 1.54) is 0 Å². The normalized spacial score (nSPS) is 10.4. The molecule has 0 fully saturated rings. The maximum absolute atomic E-state index is 11.7. The smallest absolute Gasteiger partial charge is 0.319 e. The first-order chi connectivity index (χ1) is 8.90. The lowest BCUT2D eigenvalue weighted by Crippen LogP contribution is -2.34. The van der Waals surface area contributed by atoms with Crippen LogP contribution in [0.4, 0.5) is 16.2 Å². The van der Waals surface area contributed by atoms with Gasteiger partial charge in [-0.2, -0.15) is 0 Å². The number of rotatable bonds is 4. The van der Waals surface area contributed by atoms with Crippen molar-refractivity contribution < 1.29 is 9.59 Å². The predicted molar refractivity (Wildman–Crippen MR) is 77.2 cm³/mol. The third-order valence-electron chi connectivity index (χ3n) is 2.38. The minimum Gasteiger partial charge on any atom is -0.336 e. The second-order valence-corrected chi connectivity index (χ2v) is 4.94. The molecule has 0 aliphatic carbocycles. The van der Waals surface area contributed by atoms with Crippen molar-refractivity contribution in [3.63, 3.8) is 0 Å². The first-order valence-electron chi connectivity index (χ1n) is 6.37. The zero-order valence-electron chi connectivity index (χ0n) is 11.8. The molecule has 1 aromatic carbocycles. The number of para-hydroxylation sites is 2. The van der Waals surface area contributed by atoms with E-state index < -0.39 is 0 Å². The molecule has 5 heteroatoms. The Morgan fingerprint density at radius 3 is 1.95 bits per heavy atom. The van der Waals surface area contributed by atoms with Gasteiger partial charge in [-0.25, -0.2) is 4.79 Å². The Labute approximate surface area is 113 Å². The molecule has 0 aliphatic heterocycles. The number of hydrogen-bond donors (Lipinski definition) is 3. The van der Waals surface area contributed by atoms with E-state index in [1.54, 1.807) is 18.2 Å². The van der Waals surface area contributed by atoms with E-state index in [1.807, 2.05) is 33.8 Å². The SMILES string of the molecule is CC(C)NC(=O)Nc1ccccc1NC(=O)C(C)C. The summed E-state index contributed by atoms with van der Waals surface area (Å²) in [6.45, 7) is 7.39.